The monoisotopic (exact) mass is 566 g/mol. The van der Waals surface area contributed by atoms with Crippen molar-refractivity contribution < 1.29 is 13.9 Å². The highest BCUT2D eigenvalue weighted by Crippen LogP contribution is 2.58. The van der Waals surface area contributed by atoms with Crippen LogP contribution in [-0.4, -0.2) is 84.1 Å². The molecule has 1 saturated carbocycles. The fraction of sp³-hybridized carbons (Fsp3) is 0.455. The summed E-state index contributed by atoms with van der Waals surface area (Å²) in [5, 5.41) is 0.599. The molecule has 216 valence electrons. The second-order valence-electron chi connectivity index (χ2n) is 12.1. The molecule has 2 aliphatic carbocycles. The van der Waals surface area contributed by atoms with Crippen LogP contribution in [-0.2, 0) is 11.2 Å². The summed E-state index contributed by atoms with van der Waals surface area (Å²) < 4.78 is 22.8. The standard InChI is InChI=1S/C33H35FN6O2/c1-4-29(41)40-14-13-39(18-22(40)17-35-2)32-26-11-10-25(23-8-5-9-24-27-15-20(27)16-28(23)24)30(34)31(26)36-33(37-32)42-19-21-7-6-12-38(21)3/h4-5,8-11,20-22,27H,1,6-7,12-19H2,3H3/t20?,21-,22-,27?/m0/s1. The molecule has 1 amide bonds. The number of carbonyl (C=O) groups excluding carboxylic acids is 1. The molecule has 2 saturated heterocycles. The Bertz CT molecular complexity index is 1620. The molecule has 42 heavy (non-hydrogen) atoms. The topological polar surface area (TPSA) is 66.2 Å². The number of ether oxygens (including phenoxy) is 1. The van der Waals surface area contributed by atoms with E-state index in [1.807, 2.05) is 29.2 Å². The summed E-state index contributed by atoms with van der Waals surface area (Å²) in [6.45, 7) is 14.0. The normalized spacial score (nSPS) is 24.8. The number of fused-ring (bicyclic) bond motifs is 4. The summed E-state index contributed by atoms with van der Waals surface area (Å²) in [4.78, 5) is 31.6. The van der Waals surface area contributed by atoms with E-state index in [0.29, 0.717) is 54.8 Å². The molecule has 2 aromatic carbocycles. The highest BCUT2D eigenvalue weighted by atomic mass is 19.1. The molecule has 2 unspecified atom stereocenters. The van der Waals surface area contributed by atoms with Crippen LogP contribution >= 0.6 is 0 Å². The van der Waals surface area contributed by atoms with E-state index in [1.54, 1.807) is 4.90 Å². The van der Waals surface area contributed by atoms with E-state index in [0.717, 1.165) is 31.4 Å². The first-order chi connectivity index (χ1) is 20.5. The lowest BCUT2D eigenvalue weighted by atomic mass is 9.93. The second kappa shape index (κ2) is 10.7. The molecule has 3 heterocycles. The van der Waals surface area contributed by atoms with Gasteiger partial charge in [0.1, 0.15) is 24.0 Å². The van der Waals surface area contributed by atoms with E-state index in [-0.39, 0.29) is 41.9 Å². The Balaban J connectivity index is 1.29. The number of aromatic nitrogens is 2. The van der Waals surface area contributed by atoms with Gasteiger partial charge in [-0.1, -0.05) is 30.8 Å². The minimum atomic E-state index is -0.369. The quantitative estimate of drug-likeness (QED) is 0.306. The van der Waals surface area contributed by atoms with Crippen molar-refractivity contribution in [2.45, 2.75) is 43.7 Å². The lowest BCUT2D eigenvalue weighted by Gasteiger charge is -2.39. The molecule has 0 radical (unpaired) electrons. The molecule has 9 heteroatoms. The van der Waals surface area contributed by atoms with Crippen LogP contribution in [0.25, 0.3) is 26.9 Å². The first kappa shape index (κ1) is 26.8. The van der Waals surface area contributed by atoms with Crippen molar-refractivity contribution in [1.29, 1.82) is 0 Å². The van der Waals surface area contributed by atoms with Crippen molar-refractivity contribution in [3.63, 3.8) is 0 Å². The number of likely N-dealkylation sites (N-methyl/N-ethyl adjacent to an activating group) is 1. The van der Waals surface area contributed by atoms with Gasteiger partial charge in [0.25, 0.3) is 0 Å². The van der Waals surface area contributed by atoms with Gasteiger partial charge in [0, 0.05) is 36.6 Å². The van der Waals surface area contributed by atoms with Gasteiger partial charge in [0.2, 0.25) is 12.5 Å². The fourth-order valence-corrected chi connectivity index (χ4v) is 7.27. The van der Waals surface area contributed by atoms with Crippen LogP contribution < -0.4 is 9.64 Å². The molecule has 8 nitrogen and oxygen atoms in total. The summed E-state index contributed by atoms with van der Waals surface area (Å²) in [7, 11) is 2.09. The summed E-state index contributed by atoms with van der Waals surface area (Å²) in [5.41, 5.74) is 4.36. The largest absolute Gasteiger partial charge is 0.462 e. The highest BCUT2D eigenvalue weighted by molar-refractivity contribution is 5.94. The first-order valence-corrected chi connectivity index (χ1v) is 14.9. The van der Waals surface area contributed by atoms with Crippen LogP contribution in [0.15, 0.2) is 43.0 Å². The minimum absolute atomic E-state index is 0.153. The van der Waals surface area contributed by atoms with E-state index in [1.165, 1.54) is 23.6 Å². The van der Waals surface area contributed by atoms with E-state index >= 15 is 4.39 Å². The third-order valence-corrected chi connectivity index (χ3v) is 9.68. The van der Waals surface area contributed by atoms with E-state index in [4.69, 9.17) is 16.3 Å². The number of halogens is 1. The number of piperazine rings is 1. The van der Waals surface area contributed by atoms with Crippen LogP contribution in [0.4, 0.5) is 10.2 Å². The molecule has 0 bridgehead atoms. The number of rotatable bonds is 7. The predicted octanol–water partition coefficient (Wildman–Crippen LogP) is 4.69. The average Bonchev–Trinajstić information content (AvgIpc) is 3.50. The van der Waals surface area contributed by atoms with Crippen LogP contribution in [0.1, 0.15) is 36.3 Å². The Morgan fingerprint density at radius 3 is 2.86 bits per heavy atom. The van der Waals surface area contributed by atoms with E-state index in [9.17, 15) is 4.79 Å². The van der Waals surface area contributed by atoms with Gasteiger partial charge < -0.3 is 24.3 Å². The zero-order valence-electron chi connectivity index (χ0n) is 23.9. The van der Waals surface area contributed by atoms with Crippen LogP contribution in [0, 0.1) is 18.3 Å². The first-order valence-electron chi connectivity index (χ1n) is 14.9. The molecular formula is C33H35FN6O2. The molecular weight excluding hydrogens is 531 g/mol. The van der Waals surface area contributed by atoms with E-state index < -0.39 is 0 Å². The van der Waals surface area contributed by atoms with Crippen molar-refractivity contribution in [2.75, 3.05) is 51.3 Å². The number of amides is 1. The lowest BCUT2D eigenvalue weighted by molar-refractivity contribution is -0.128. The third kappa shape index (κ3) is 4.58. The summed E-state index contributed by atoms with van der Waals surface area (Å²) in [5.74, 6) is 1.33. The SMILES string of the molecule is [C-]#[N+]C[C@H]1CN(c2nc(OC[C@@H]3CCCN3C)nc3c(F)c(-c4cccc5c4CC4CC54)ccc23)CCN1C(=O)C=C. The highest BCUT2D eigenvalue weighted by Gasteiger charge is 2.46. The summed E-state index contributed by atoms with van der Waals surface area (Å²) in [6.07, 6.45) is 5.69. The number of likely N-dealkylation sites (tertiary alicyclic amines) is 1. The van der Waals surface area contributed by atoms with Gasteiger partial charge in [-0.05, 0) is 79.9 Å². The van der Waals surface area contributed by atoms with Crippen LogP contribution in [0.3, 0.4) is 0 Å². The number of benzene rings is 2. The van der Waals surface area contributed by atoms with Crippen LogP contribution in [0.5, 0.6) is 6.01 Å². The Kier molecular flexibility index (Phi) is 6.82. The van der Waals surface area contributed by atoms with Crippen molar-refractivity contribution in [2.24, 2.45) is 5.92 Å². The fourth-order valence-electron chi connectivity index (χ4n) is 7.27. The second-order valence-corrected chi connectivity index (χ2v) is 12.1. The van der Waals surface area contributed by atoms with Gasteiger partial charge in [-0.15, -0.1) is 0 Å². The van der Waals surface area contributed by atoms with Gasteiger partial charge in [-0.25, -0.2) is 11.0 Å². The Labute approximate surface area is 245 Å². The van der Waals surface area contributed by atoms with Gasteiger partial charge >= 0.3 is 6.01 Å². The minimum Gasteiger partial charge on any atom is -0.462 e. The van der Waals surface area contributed by atoms with Crippen molar-refractivity contribution in [3.8, 4) is 17.1 Å². The summed E-state index contributed by atoms with van der Waals surface area (Å²) >= 11 is 0. The van der Waals surface area contributed by atoms with Gasteiger partial charge in [-0.2, -0.15) is 9.97 Å². The van der Waals surface area contributed by atoms with Gasteiger partial charge in [0.15, 0.2) is 5.82 Å². The van der Waals surface area contributed by atoms with Crippen molar-refractivity contribution in [1.82, 2.24) is 19.8 Å². The lowest BCUT2D eigenvalue weighted by Crippen LogP contribution is -2.56. The smallest absolute Gasteiger partial charge is 0.319 e. The third-order valence-electron chi connectivity index (χ3n) is 9.68. The Morgan fingerprint density at radius 2 is 2.07 bits per heavy atom. The molecule has 3 aromatic rings. The maximum atomic E-state index is 16.6. The number of carbonyl (C=O) groups is 1. The summed E-state index contributed by atoms with van der Waals surface area (Å²) in [6, 6.07) is 10.1. The molecule has 7 rings (SSSR count). The van der Waals surface area contributed by atoms with Gasteiger partial charge in [-0.3, -0.25) is 4.79 Å². The zero-order valence-corrected chi connectivity index (χ0v) is 23.9. The average molecular weight is 567 g/mol. The van der Waals surface area contributed by atoms with Crippen molar-refractivity contribution >= 4 is 22.6 Å². The maximum Gasteiger partial charge on any atom is 0.319 e. The Hall–Kier alpha value is -4.03. The predicted molar refractivity (Wildman–Crippen MR) is 160 cm³/mol. The van der Waals surface area contributed by atoms with E-state index in [2.05, 4.69) is 34.4 Å². The number of nitrogens with zero attached hydrogens (tertiary/aromatic N) is 6. The number of hydrogen-bond donors (Lipinski definition) is 0. The molecule has 4 atom stereocenters. The van der Waals surface area contributed by atoms with Crippen molar-refractivity contribution in [3.05, 3.63) is 71.3 Å². The Morgan fingerprint density at radius 1 is 1.19 bits per heavy atom. The van der Waals surface area contributed by atoms with Gasteiger partial charge in [0.05, 0.1) is 0 Å². The molecule has 4 aliphatic rings. The zero-order chi connectivity index (χ0) is 29.0. The molecule has 1 aromatic heterocycles. The molecule has 2 aliphatic heterocycles. The number of anilines is 1. The number of hydrogen-bond acceptors (Lipinski definition) is 6. The molecule has 3 fully saturated rings. The molecule has 0 spiro atoms. The van der Waals surface area contributed by atoms with Crippen LogP contribution in [0.2, 0.25) is 0 Å². The molecule has 0 N–H and O–H groups in total. The maximum absolute atomic E-state index is 16.6.